The first-order chi connectivity index (χ1) is 10.3. The molecule has 0 saturated heterocycles. The molecule has 102 valence electrons. The number of rotatable bonds is 3. The molecule has 0 N–H and O–H groups in total. The van der Waals surface area contributed by atoms with Gasteiger partial charge < -0.3 is 4.42 Å². The first-order valence-corrected chi connectivity index (χ1v) is 7.82. The number of aromatic nitrogens is 1. The van der Waals surface area contributed by atoms with Gasteiger partial charge in [0.05, 0.1) is 11.3 Å². The van der Waals surface area contributed by atoms with Crippen LogP contribution in [0.25, 0.3) is 22.9 Å². The summed E-state index contributed by atoms with van der Waals surface area (Å²) in [5, 5.41) is 12.0. The lowest BCUT2D eigenvalue weighted by molar-refractivity contribution is 0.532. The van der Waals surface area contributed by atoms with Crippen LogP contribution in [0.1, 0.15) is 10.8 Å². The number of furan rings is 1. The van der Waals surface area contributed by atoms with Crippen LogP contribution in [0.3, 0.4) is 0 Å². The maximum atomic E-state index is 9.32. The Morgan fingerprint density at radius 3 is 2.71 bits per heavy atom. The summed E-state index contributed by atoms with van der Waals surface area (Å²) in [7, 11) is 0. The van der Waals surface area contributed by atoms with Gasteiger partial charge in [-0.05, 0) is 28.1 Å². The van der Waals surface area contributed by atoms with Crippen molar-refractivity contribution in [3.63, 3.8) is 0 Å². The highest BCUT2D eigenvalue weighted by atomic mass is 79.9. The molecular weight excluding hydrogens is 348 g/mol. The van der Waals surface area contributed by atoms with Gasteiger partial charge in [-0.25, -0.2) is 4.98 Å². The van der Waals surface area contributed by atoms with Crippen LogP contribution >= 0.6 is 27.3 Å². The Kier molecular flexibility index (Phi) is 4.00. The van der Waals surface area contributed by atoms with Gasteiger partial charge in [-0.1, -0.05) is 30.3 Å². The fourth-order valence-electron chi connectivity index (χ4n) is 1.83. The number of benzene rings is 1. The Labute approximate surface area is 134 Å². The summed E-state index contributed by atoms with van der Waals surface area (Å²) in [6.45, 7) is 0. The number of hydrogen-bond acceptors (Lipinski definition) is 4. The molecule has 0 saturated carbocycles. The van der Waals surface area contributed by atoms with Crippen molar-refractivity contribution in [2.45, 2.75) is 0 Å². The van der Waals surface area contributed by atoms with Crippen LogP contribution in [0.15, 0.2) is 56.9 Å². The smallest absolute Gasteiger partial charge is 0.169 e. The topological polar surface area (TPSA) is 49.8 Å². The third-order valence-electron chi connectivity index (χ3n) is 2.81. The summed E-state index contributed by atoms with van der Waals surface area (Å²) in [5.41, 5.74) is 2.40. The second-order valence-electron chi connectivity index (χ2n) is 4.22. The quantitative estimate of drug-likeness (QED) is 0.603. The van der Waals surface area contributed by atoms with Gasteiger partial charge in [0.2, 0.25) is 0 Å². The minimum atomic E-state index is 0.490. The Morgan fingerprint density at radius 1 is 1.24 bits per heavy atom. The minimum absolute atomic E-state index is 0.490. The van der Waals surface area contributed by atoms with E-state index < -0.39 is 0 Å². The van der Waals surface area contributed by atoms with Gasteiger partial charge in [-0.15, -0.1) is 11.3 Å². The zero-order chi connectivity index (χ0) is 14.7. The molecule has 3 aromatic rings. The summed E-state index contributed by atoms with van der Waals surface area (Å²) >= 11 is 4.69. The molecule has 0 aliphatic carbocycles. The van der Waals surface area contributed by atoms with Crippen molar-refractivity contribution in [1.82, 2.24) is 4.98 Å². The number of nitrogens with zero attached hydrogens (tertiary/aromatic N) is 2. The summed E-state index contributed by atoms with van der Waals surface area (Å²) in [4.78, 5) is 4.53. The molecule has 0 spiro atoms. The van der Waals surface area contributed by atoms with E-state index in [0.29, 0.717) is 21.0 Å². The Balaban J connectivity index is 1.95. The van der Waals surface area contributed by atoms with Crippen molar-refractivity contribution < 1.29 is 4.42 Å². The number of thiazole rings is 1. The molecule has 0 unspecified atom stereocenters. The number of nitriles is 1. The highest BCUT2D eigenvalue weighted by Gasteiger charge is 2.09. The second-order valence-corrected chi connectivity index (χ2v) is 5.86. The fourth-order valence-corrected chi connectivity index (χ4v) is 2.94. The lowest BCUT2D eigenvalue weighted by atomic mass is 10.2. The summed E-state index contributed by atoms with van der Waals surface area (Å²) in [6.07, 6.45) is 1.69. The van der Waals surface area contributed by atoms with Crippen molar-refractivity contribution in [2.24, 2.45) is 0 Å². The fraction of sp³-hybridized carbons (Fsp3) is 0. The normalized spacial score (nSPS) is 11.3. The predicted molar refractivity (Wildman–Crippen MR) is 87.4 cm³/mol. The molecular formula is C16H9BrN2OS. The summed E-state index contributed by atoms with van der Waals surface area (Å²) in [6, 6.07) is 15.7. The number of allylic oxidation sites excluding steroid dienone is 1. The molecule has 0 amide bonds. The van der Waals surface area contributed by atoms with Crippen molar-refractivity contribution in [2.75, 3.05) is 0 Å². The van der Waals surface area contributed by atoms with Gasteiger partial charge in [0.25, 0.3) is 0 Å². The van der Waals surface area contributed by atoms with Crippen molar-refractivity contribution in [3.8, 4) is 17.3 Å². The monoisotopic (exact) mass is 356 g/mol. The molecule has 21 heavy (non-hydrogen) atoms. The number of halogens is 1. The molecule has 0 aliphatic heterocycles. The van der Waals surface area contributed by atoms with Crippen LogP contribution in [-0.4, -0.2) is 4.98 Å². The van der Waals surface area contributed by atoms with Crippen molar-refractivity contribution >= 4 is 38.9 Å². The molecule has 0 bridgehead atoms. The van der Waals surface area contributed by atoms with E-state index >= 15 is 0 Å². The van der Waals surface area contributed by atoms with Gasteiger partial charge in [-0.3, -0.25) is 0 Å². The van der Waals surface area contributed by atoms with Gasteiger partial charge >= 0.3 is 0 Å². The molecule has 0 aliphatic rings. The second kappa shape index (κ2) is 6.08. The van der Waals surface area contributed by atoms with Gasteiger partial charge in [0.1, 0.15) is 16.8 Å². The Morgan fingerprint density at radius 2 is 2.05 bits per heavy atom. The van der Waals surface area contributed by atoms with Crippen LogP contribution in [0.2, 0.25) is 0 Å². The molecule has 0 radical (unpaired) electrons. The SMILES string of the molecule is N#CC(=Cc1ccc(Br)o1)c1nc(-c2ccccc2)cs1. The van der Waals surface area contributed by atoms with E-state index in [0.717, 1.165) is 11.3 Å². The molecule has 3 nitrogen and oxygen atoms in total. The van der Waals surface area contributed by atoms with Crippen LogP contribution in [0, 0.1) is 11.3 Å². The van der Waals surface area contributed by atoms with E-state index in [1.165, 1.54) is 11.3 Å². The molecule has 3 rings (SSSR count). The molecule has 2 heterocycles. The number of hydrogen-bond donors (Lipinski definition) is 0. The average Bonchev–Trinajstić information content (AvgIpc) is 3.15. The molecule has 0 fully saturated rings. The van der Waals surface area contributed by atoms with Gasteiger partial charge in [0, 0.05) is 17.0 Å². The van der Waals surface area contributed by atoms with E-state index in [2.05, 4.69) is 27.0 Å². The standard InChI is InChI=1S/C16H9BrN2OS/c17-15-7-6-13(20-15)8-12(9-18)16-19-14(10-21-16)11-4-2-1-3-5-11/h1-8,10H. The van der Waals surface area contributed by atoms with E-state index in [1.54, 1.807) is 18.2 Å². The van der Waals surface area contributed by atoms with E-state index in [4.69, 9.17) is 4.42 Å². The van der Waals surface area contributed by atoms with Crippen molar-refractivity contribution in [1.29, 1.82) is 5.26 Å². The van der Waals surface area contributed by atoms with Crippen LogP contribution in [-0.2, 0) is 0 Å². The molecule has 0 atom stereocenters. The lowest BCUT2D eigenvalue weighted by Crippen LogP contribution is -1.82. The van der Waals surface area contributed by atoms with Crippen LogP contribution in [0.4, 0.5) is 0 Å². The summed E-state index contributed by atoms with van der Waals surface area (Å²) in [5.74, 6) is 0.620. The van der Waals surface area contributed by atoms with Crippen molar-refractivity contribution in [3.05, 3.63) is 63.3 Å². The zero-order valence-corrected chi connectivity index (χ0v) is 13.2. The van der Waals surface area contributed by atoms with E-state index in [1.807, 2.05) is 35.7 Å². The molecule has 1 aromatic carbocycles. The Bertz CT molecular complexity index is 827. The first-order valence-electron chi connectivity index (χ1n) is 6.15. The molecule has 2 aromatic heterocycles. The third-order valence-corrected chi connectivity index (χ3v) is 4.11. The third kappa shape index (κ3) is 3.13. The highest BCUT2D eigenvalue weighted by molar-refractivity contribution is 9.10. The first kappa shape index (κ1) is 13.8. The largest absolute Gasteiger partial charge is 0.450 e. The van der Waals surface area contributed by atoms with Crippen LogP contribution in [0.5, 0.6) is 0 Å². The summed E-state index contributed by atoms with van der Waals surface area (Å²) < 4.78 is 6.03. The van der Waals surface area contributed by atoms with E-state index in [-0.39, 0.29) is 0 Å². The predicted octanol–water partition coefficient (Wildman–Crippen LogP) is 5.23. The van der Waals surface area contributed by atoms with Gasteiger partial charge in [0.15, 0.2) is 4.67 Å². The maximum absolute atomic E-state index is 9.32. The average molecular weight is 357 g/mol. The minimum Gasteiger partial charge on any atom is -0.450 e. The zero-order valence-electron chi connectivity index (χ0n) is 10.8. The highest BCUT2D eigenvalue weighted by Crippen LogP contribution is 2.27. The molecule has 5 heteroatoms. The van der Waals surface area contributed by atoms with Crippen LogP contribution < -0.4 is 0 Å². The van der Waals surface area contributed by atoms with E-state index in [9.17, 15) is 5.26 Å². The maximum Gasteiger partial charge on any atom is 0.169 e. The van der Waals surface area contributed by atoms with Gasteiger partial charge in [-0.2, -0.15) is 5.26 Å². The lowest BCUT2D eigenvalue weighted by Gasteiger charge is -1.94. The Hall–Kier alpha value is -2.16.